The molecule has 4 atom stereocenters. The van der Waals surface area contributed by atoms with Crippen molar-refractivity contribution in [2.24, 2.45) is 17.8 Å². The van der Waals surface area contributed by atoms with Crippen molar-refractivity contribution in [2.45, 2.75) is 38.8 Å². The number of nitrogens with zero attached hydrogens (tertiary/aromatic N) is 1. The highest BCUT2D eigenvalue weighted by Crippen LogP contribution is 2.43. The molecule has 0 aromatic rings. The molecule has 0 saturated carbocycles. The number of hydrogen-bond acceptors (Lipinski definition) is 3. The van der Waals surface area contributed by atoms with E-state index < -0.39 is 0 Å². The first-order chi connectivity index (χ1) is 8.10. The lowest BCUT2D eigenvalue weighted by atomic mass is 9.84. The Balaban J connectivity index is 1.74. The number of hydrogen-bond donors (Lipinski definition) is 1. The molecule has 17 heavy (non-hydrogen) atoms. The molecule has 0 aromatic carbocycles. The molecule has 3 aliphatic rings. The van der Waals surface area contributed by atoms with Crippen LogP contribution in [0.5, 0.6) is 0 Å². The Hall–Kier alpha value is -0.120. The summed E-state index contributed by atoms with van der Waals surface area (Å²) in [5.41, 5.74) is 0.357. The maximum absolute atomic E-state index is 5.56. The van der Waals surface area contributed by atoms with E-state index in [4.69, 9.17) is 4.74 Å². The summed E-state index contributed by atoms with van der Waals surface area (Å²) in [5, 5.41) is 3.56. The topological polar surface area (TPSA) is 24.5 Å². The van der Waals surface area contributed by atoms with Crippen molar-refractivity contribution in [1.29, 1.82) is 0 Å². The second kappa shape index (κ2) is 4.22. The van der Waals surface area contributed by atoms with Crippen molar-refractivity contribution in [3.8, 4) is 0 Å². The first kappa shape index (κ1) is 11.9. The Morgan fingerprint density at radius 3 is 2.82 bits per heavy atom. The Kier molecular flexibility index (Phi) is 2.96. The van der Waals surface area contributed by atoms with Crippen molar-refractivity contribution in [3.05, 3.63) is 0 Å². The van der Waals surface area contributed by atoms with Gasteiger partial charge in [-0.2, -0.15) is 0 Å². The standard InChI is InChI=1S/C14H26N2O/c1-10(11-4-5-17-9-11)16-8-12-6-15-7-13(12)14(16,2)3/h10-13,15H,4-9H2,1-3H3. The minimum absolute atomic E-state index is 0.357. The van der Waals surface area contributed by atoms with Crippen LogP contribution in [0.25, 0.3) is 0 Å². The molecule has 3 aliphatic heterocycles. The number of likely N-dealkylation sites (tertiary alicyclic amines) is 1. The van der Waals surface area contributed by atoms with Crippen molar-refractivity contribution in [3.63, 3.8) is 0 Å². The molecule has 3 fully saturated rings. The highest BCUT2D eigenvalue weighted by molar-refractivity contribution is 5.06. The molecule has 0 aliphatic carbocycles. The highest BCUT2D eigenvalue weighted by atomic mass is 16.5. The van der Waals surface area contributed by atoms with Crippen LogP contribution >= 0.6 is 0 Å². The first-order valence-corrected chi connectivity index (χ1v) is 7.16. The third-order valence-corrected chi connectivity index (χ3v) is 5.56. The molecule has 98 valence electrons. The third-order valence-electron chi connectivity index (χ3n) is 5.56. The van der Waals surface area contributed by atoms with E-state index in [1.54, 1.807) is 0 Å². The molecule has 4 unspecified atom stereocenters. The molecule has 0 aromatic heterocycles. The fraction of sp³-hybridized carbons (Fsp3) is 1.00. The van der Waals surface area contributed by atoms with E-state index in [0.717, 1.165) is 31.0 Å². The summed E-state index contributed by atoms with van der Waals surface area (Å²) >= 11 is 0. The molecule has 3 nitrogen and oxygen atoms in total. The average Bonchev–Trinajstić information content (AvgIpc) is 2.97. The lowest BCUT2D eigenvalue weighted by Gasteiger charge is -2.41. The summed E-state index contributed by atoms with van der Waals surface area (Å²) in [6.45, 7) is 12.9. The summed E-state index contributed by atoms with van der Waals surface area (Å²) in [6, 6.07) is 0.679. The summed E-state index contributed by atoms with van der Waals surface area (Å²) in [6.07, 6.45) is 1.25. The van der Waals surface area contributed by atoms with E-state index in [1.807, 2.05) is 0 Å². The van der Waals surface area contributed by atoms with E-state index in [1.165, 1.54) is 26.1 Å². The Morgan fingerprint density at radius 2 is 2.18 bits per heavy atom. The van der Waals surface area contributed by atoms with Gasteiger partial charge in [-0.15, -0.1) is 0 Å². The van der Waals surface area contributed by atoms with Gasteiger partial charge in [-0.25, -0.2) is 0 Å². The summed E-state index contributed by atoms with van der Waals surface area (Å²) < 4.78 is 5.56. The Morgan fingerprint density at radius 1 is 1.35 bits per heavy atom. The summed E-state index contributed by atoms with van der Waals surface area (Å²) in [4.78, 5) is 2.77. The molecule has 3 heterocycles. The van der Waals surface area contributed by atoms with Gasteiger partial charge >= 0.3 is 0 Å². The molecule has 0 bridgehead atoms. The minimum atomic E-state index is 0.357. The Bertz CT molecular complexity index is 286. The van der Waals surface area contributed by atoms with E-state index in [-0.39, 0.29) is 0 Å². The van der Waals surface area contributed by atoms with Crippen LogP contribution in [0.1, 0.15) is 27.2 Å². The predicted octanol–water partition coefficient (Wildman–Crippen LogP) is 1.34. The van der Waals surface area contributed by atoms with Gasteiger partial charge in [-0.05, 0) is 51.5 Å². The van der Waals surface area contributed by atoms with Gasteiger partial charge < -0.3 is 10.1 Å². The Labute approximate surface area is 105 Å². The zero-order chi connectivity index (χ0) is 12.0. The lowest BCUT2D eigenvalue weighted by molar-refractivity contribution is 0.0600. The molecular weight excluding hydrogens is 212 g/mol. The van der Waals surface area contributed by atoms with E-state index in [9.17, 15) is 0 Å². The lowest BCUT2D eigenvalue weighted by Crippen LogP contribution is -2.51. The van der Waals surface area contributed by atoms with Crippen LogP contribution in [0.4, 0.5) is 0 Å². The minimum Gasteiger partial charge on any atom is -0.381 e. The zero-order valence-electron chi connectivity index (χ0n) is 11.4. The number of rotatable bonds is 2. The third kappa shape index (κ3) is 1.83. The average molecular weight is 238 g/mol. The normalized spacial score (nSPS) is 42.9. The largest absolute Gasteiger partial charge is 0.381 e. The van der Waals surface area contributed by atoms with Gasteiger partial charge in [0.2, 0.25) is 0 Å². The van der Waals surface area contributed by atoms with Crippen molar-refractivity contribution >= 4 is 0 Å². The molecule has 1 N–H and O–H groups in total. The monoisotopic (exact) mass is 238 g/mol. The van der Waals surface area contributed by atoms with Gasteiger partial charge in [-0.1, -0.05) is 0 Å². The van der Waals surface area contributed by atoms with Crippen LogP contribution in [0.15, 0.2) is 0 Å². The predicted molar refractivity (Wildman–Crippen MR) is 69.0 cm³/mol. The van der Waals surface area contributed by atoms with Crippen molar-refractivity contribution in [2.75, 3.05) is 32.8 Å². The van der Waals surface area contributed by atoms with E-state index in [0.29, 0.717) is 11.6 Å². The zero-order valence-corrected chi connectivity index (χ0v) is 11.4. The second-order valence-corrected chi connectivity index (χ2v) is 6.70. The molecule has 0 radical (unpaired) electrons. The van der Waals surface area contributed by atoms with E-state index in [2.05, 4.69) is 31.0 Å². The van der Waals surface area contributed by atoms with Crippen LogP contribution < -0.4 is 5.32 Å². The van der Waals surface area contributed by atoms with Gasteiger partial charge in [-0.3, -0.25) is 4.90 Å². The van der Waals surface area contributed by atoms with Gasteiger partial charge in [0.1, 0.15) is 0 Å². The van der Waals surface area contributed by atoms with Crippen LogP contribution in [0, 0.1) is 17.8 Å². The van der Waals surface area contributed by atoms with Gasteiger partial charge in [0.05, 0.1) is 6.61 Å². The number of fused-ring (bicyclic) bond motifs is 1. The highest BCUT2D eigenvalue weighted by Gasteiger charge is 2.51. The molecule has 0 spiro atoms. The van der Waals surface area contributed by atoms with Crippen LogP contribution in [0.2, 0.25) is 0 Å². The SMILES string of the molecule is CC(C1CCOC1)N1CC2CNCC2C1(C)C. The quantitative estimate of drug-likeness (QED) is 0.786. The van der Waals surface area contributed by atoms with E-state index >= 15 is 0 Å². The van der Waals surface area contributed by atoms with Crippen LogP contribution in [0.3, 0.4) is 0 Å². The van der Waals surface area contributed by atoms with Gasteiger partial charge in [0.25, 0.3) is 0 Å². The van der Waals surface area contributed by atoms with Gasteiger partial charge in [0, 0.05) is 31.3 Å². The molecule has 3 rings (SSSR count). The smallest absolute Gasteiger partial charge is 0.0509 e. The maximum Gasteiger partial charge on any atom is 0.0509 e. The fourth-order valence-corrected chi connectivity index (χ4v) is 4.33. The van der Waals surface area contributed by atoms with Crippen LogP contribution in [-0.4, -0.2) is 49.3 Å². The first-order valence-electron chi connectivity index (χ1n) is 7.16. The summed E-state index contributed by atoms with van der Waals surface area (Å²) in [7, 11) is 0. The number of ether oxygens (including phenoxy) is 1. The number of nitrogens with one attached hydrogen (secondary N) is 1. The summed E-state index contributed by atoms with van der Waals surface area (Å²) in [5.74, 6) is 2.46. The molecule has 3 heteroatoms. The van der Waals surface area contributed by atoms with Crippen molar-refractivity contribution in [1.82, 2.24) is 10.2 Å². The van der Waals surface area contributed by atoms with Gasteiger partial charge in [0.15, 0.2) is 0 Å². The molecule has 3 saturated heterocycles. The second-order valence-electron chi connectivity index (χ2n) is 6.70. The maximum atomic E-state index is 5.56. The van der Waals surface area contributed by atoms with Crippen molar-refractivity contribution < 1.29 is 4.74 Å². The fourth-order valence-electron chi connectivity index (χ4n) is 4.33. The molecule has 0 amide bonds. The van der Waals surface area contributed by atoms with Crippen LogP contribution in [-0.2, 0) is 4.74 Å². The molecular formula is C14H26N2O.